The summed E-state index contributed by atoms with van der Waals surface area (Å²) < 4.78 is 0. The Labute approximate surface area is 152 Å². The molecule has 0 spiro atoms. The third-order valence-corrected chi connectivity index (χ3v) is 5.47. The molecule has 1 aliphatic heterocycles. The lowest BCUT2D eigenvalue weighted by molar-refractivity contribution is -0.139. The molecule has 1 saturated carbocycles. The molecule has 0 aromatic heterocycles. The Kier molecular flexibility index (Phi) is 6.30. The van der Waals surface area contributed by atoms with Gasteiger partial charge in [-0.2, -0.15) is 0 Å². The van der Waals surface area contributed by atoms with Gasteiger partial charge in [0.1, 0.15) is 5.54 Å². The second-order valence-corrected chi connectivity index (χ2v) is 8.84. The molecule has 3 unspecified atom stereocenters. The van der Waals surface area contributed by atoms with Crippen LogP contribution in [-0.4, -0.2) is 47.4 Å². The minimum Gasteiger partial charge on any atom is -0.349 e. The third kappa shape index (κ3) is 5.06. The average molecular weight is 350 g/mol. The van der Waals surface area contributed by atoms with Gasteiger partial charge in [0.15, 0.2) is 0 Å². The molecule has 5 heteroatoms. The maximum Gasteiger partial charge on any atom is 0.246 e. The molecule has 0 bridgehead atoms. The molecule has 2 fully saturated rings. The van der Waals surface area contributed by atoms with E-state index in [0.717, 1.165) is 32.5 Å². The zero-order valence-corrected chi connectivity index (χ0v) is 16.4. The topological polar surface area (TPSA) is 61.4 Å². The average Bonchev–Trinajstić information content (AvgIpc) is 2.99. The summed E-state index contributed by atoms with van der Waals surface area (Å²) in [4.78, 5) is 27.8. The van der Waals surface area contributed by atoms with Crippen molar-refractivity contribution in [3.8, 4) is 0 Å². The number of likely N-dealkylation sites (tertiary alicyclic amines) is 1. The van der Waals surface area contributed by atoms with Crippen LogP contribution in [0.25, 0.3) is 0 Å². The quantitative estimate of drug-likeness (QED) is 0.750. The van der Waals surface area contributed by atoms with Crippen LogP contribution in [0.5, 0.6) is 0 Å². The SMILES string of the molecule is C=CC1CCC(CN2CCCC2)C(NC(C)=O)(C(=O)NC(C)(C)C)C1. The lowest BCUT2D eigenvalue weighted by Crippen LogP contribution is -2.68. The summed E-state index contributed by atoms with van der Waals surface area (Å²) in [5.41, 5.74) is -1.18. The van der Waals surface area contributed by atoms with E-state index in [0.29, 0.717) is 6.42 Å². The molecule has 0 aromatic carbocycles. The lowest BCUT2D eigenvalue weighted by atomic mass is 9.67. The molecule has 0 radical (unpaired) electrons. The van der Waals surface area contributed by atoms with Gasteiger partial charge in [0, 0.05) is 24.9 Å². The van der Waals surface area contributed by atoms with Gasteiger partial charge in [-0.05, 0) is 71.9 Å². The molecule has 25 heavy (non-hydrogen) atoms. The smallest absolute Gasteiger partial charge is 0.246 e. The van der Waals surface area contributed by atoms with Gasteiger partial charge in [-0.3, -0.25) is 9.59 Å². The summed E-state index contributed by atoms with van der Waals surface area (Å²) in [7, 11) is 0. The second-order valence-electron chi connectivity index (χ2n) is 8.84. The first-order chi connectivity index (χ1) is 11.7. The first kappa shape index (κ1) is 20.0. The fraction of sp³-hybridized carbons (Fsp3) is 0.800. The summed E-state index contributed by atoms with van der Waals surface area (Å²) >= 11 is 0. The van der Waals surface area contributed by atoms with Gasteiger partial charge in [-0.1, -0.05) is 6.08 Å². The van der Waals surface area contributed by atoms with E-state index < -0.39 is 5.54 Å². The van der Waals surface area contributed by atoms with Gasteiger partial charge in [0.25, 0.3) is 0 Å². The summed E-state index contributed by atoms with van der Waals surface area (Å²) in [6, 6.07) is 0. The highest BCUT2D eigenvalue weighted by Gasteiger charge is 2.50. The molecular weight excluding hydrogens is 314 g/mol. The molecule has 0 aromatic rings. The molecule has 142 valence electrons. The van der Waals surface area contributed by atoms with Gasteiger partial charge in [-0.15, -0.1) is 6.58 Å². The van der Waals surface area contributed by atoms with E-state index in [1.165, 1.54) is 19.8 Å². The Morgan fingerprint density at radius 2 is 1.88 bits per heavy atom. The molecular formula is C20H35N3O2. The molecule has 1 saturated heterocycles. The number of amides is 2. The van der Waals surface area contributed by atoms with E-state index in [4.69, 9.17) is 0 Å². The number of hydrogen-bond donors (Lipinski definition) is 2. The number of rotatable bonds is 5. The summed E-state index contributed by atoms with van der Waals surface area (Å²) in [5.74, 6) is 0.201. The summed E-state index contributed by atoms with van der Waals surface area (Å²) in [6.45, 7) is 14.5. The first-order valence-corrected chi connectivity index (χ1v) is 9.62. The number of carbonyl (C=O) groups excluding carboxylic acids is 2. The fourth-order valence-electron chi connectivity index (χ4n) is 4.32. The molecule has 2 N–H and O–H groups in total. The number of nitrogens with zero attached hydrogens (tertiary/aromatic N) is 1. The molecule has 2 aliphatic rings. The van der Waals surface area contributed by atoms with Crippen LogP contribution < -0.4 is 10.6 Å². The Hall–Kier alpha value is -1.36. The van der Waals surface area contributed by atoms with Gasteiger partial charge < -0.3 is 15.5 Å². The highest BCUT2D eigenvalue weighted by Crippen LogP contribution is 2.39. The van der Waals surface area contributed by atoms with Crippen LogP contribution >= 0.6 is 0 Å². The predicted molar refractivity (Wildman–Crippen MR) is 101 cm³/mol. The lowest BCUT2D eigenvalue weighted by Gasteiger charge is -2.47. The molecule has 3 atom stereocenters. The monoisotopic (exact) mass is 349 g/mol. The van der Waals surface area contributed by atoms with E-state index in [9.17, 15) is 9.59 Å². The largest absolute Gasteiger partial charge is 0.349 e. The molecule has 1 aliphatic carbocycles. The molecule has 1 heterocycles. The van der Waals surface area contributed by atoms with Crippen molar-refractivity contribution in [3.05, 3.63) is 12.7 Å². The van der Waals surface area contributed by atoms with E-state index in [1.807, 2.05) is 26.8 Å². The normalized spacial score (nSPS) is 30.7. The van der Waals surface area contributed by atoms with Crippen molar-refractivity contribution >= 4 is 11.8 Å². The van der Waals surface area contributed by atoms with Crippen molar-refractivity contribution in [2.45, 2.75) is 70.9 Å². The number of carbonyl (C=O) groups is 2. The zero-order valence-electron chi connectivity index (χ0n) is 16.4. The number of hydrogen-bond acceptors (Lipinski definition) is 3. The highest BCUT2D eigenvalue weighted by atomic mass is 16.2. The maximum absolute atomic E-state index is 13.3. The van der Waals surface area contributed by atoms with Crippen molar-refractivity contribution in [3.63, 3.8) is 0 Å². The summed E-state index contributed by atoms with van der Waals surface area (Å²) in [6.07, 6.45) is 6.99. The highest BCUT2D eigenvalue weighted by molar-refractivity contribution is 5.92. The van der Waals surface area contributed by atoms with Crippen LogP contribution in [-0.2, 0) is 9.59 Å². The van der Waals surface area contributed by atoms with E-state index >= 15 is 0 Å². The Morgan fingerprint density at radius 3 is 2.40 bits per heavy atom. The van der Waals surface area contributed by atoms with Crippen LogP contribution in [0.4, 0.5) is 0 Å². The molecule has 2 amide bonds. The van der Waals surface area contributed by atoms with Crippen LogP contribution in [0.1, 0.15) is 59.8 Å². The maximum atomic E-state index is 13.3. The van der Waals surface area contributed by atoms with Crippen molar-refractivity contribution in [1.82, 2.24) is 15.5 Å². The van der Waals surface area contributed by atoms with Crippen LogP contribution in [0.15, 0.2) is 12.7 Å². The standard InChI is InChI=1S/C20H35N3O2/c1-6-16-9-10-17(14-23-11-7-8-12-23)20(13-16,21-15(2)24)18(25)22-19(3,4)5/h6,16-17H,1,7-14H2,2-5H3,(H,21,24)(H,22,25). The second kappa shape index (κ2) is 7.90. The number of nitrogens with one attached hydrogen (secondary N) is 2. The van der Waals surface area contributed by atoms with Crippen molar-refractivity contribution in [2.75, 3.05) is 19.6 Å². The Morgan fingerprint density at radius 1 is 1.24 bits per heavy atom. The predicted octanol–water partition coefficient (Wildman–Crippen LogP) is 2.47. The van der Waals surface area contributed by atoms with Crippen LogP contribution in [0, 0.1) is 11.8 Å². The third-order valence-electron chi connectivity index (χ3n) is 5.47. The zero-order chi connectivity index (χ0) is 18.7. The van der Waals surface area contributed by atoms with Crippen molar-refractivity contribution < 1.29 is 9.59 Å². The Balaban J connectivity index is 2.32. The Bertz CT molecular complexity index is 506. The van der Waals surface area contributed by atoms with E-state index in [2.05, 4.69) is 22.1 Å². The minimum absolute atomic E-state index is 0.0500. The fourth-order valence-corrected chi connectivity index (χ4v) is 4.32. The molecule has 2 rings (SSSR count). The van der Waals surface area contributed by atoms with Gasteiger partial charge in [0.2, 0.25) is 11.8 Å². The van der Waals surface area contributed by atoms with Crippen LogP contribution in [0.3, 0.4) is 0 Å². The first-order valence-electron chi connectivity index (χ1n) is 9.62. The van der Waals surface area contributed by atoms with Crippen molar-refractivity contribution in [1.29, 1.82) is 0 Å². The van der Waals surface area contributed by atoms with Crippen LogP contribution in [0.2, 0.25) is 0 Å². The molecule has 5 nitrogen and oxygen atoms in total. The summed E-state index contributed by atoms with van der Waals surface area (Å²) in [5, 5.41) is 6.21. The van der Waals surface area contributed by atoms with E-state index in [-0.39, 0.29) is 29.2 Å². The van der Waals surface area contributed by atoms with Crippen molar-refractivity contribution in [2.24, 2.45) is 11.8 Å². The van der Waals surface area contributed by atoms with Gasteiger partial charge >= 0.3 is 0 Å². The van der Waals surface area contributed by atoms with Gasteiger partial charge in [-0.25, -0.2) is 0 Å². The van der Waals surface area contributed by atoms with Gasteiger partial charge in [0.05, 0.1) is 0 Å². The van der Waals surface area contributed by atoms with E-state index in [1.54, 1.807) is 0 Å². The number of allylic oxidation sites excluding steroid dienone is 1. The minimum atomic E-state index is -0.848.